The van der Waals surface area contributed by atoms with Crippen LogP contribution in [-0.2, 0) is 4.79 Å². The highest BCUT2D eigenvalue weighted by atomic mass is 35.5. The van der Waals surface area contributed by atoms with E-state index in [2.05, 4.69) is 12.2 Å². The molecule has 11 heteroatoms. The molecule has 0 fully saturated rings. The molecule has 3 N–H and O–H groups in total. The summed E-state index contributed by atoms with van der Waals surface area (Å²) in [6.07, 6.45) is -3.07. The lowest BCUT2D eigenvalue weighted by molar-refractivity contribution is -0.192. The van der Waals surface area contributed by atoms with E-state index >= 15 is 0 Å². The van der Waals surface area contributed by atoms with Gasteiger partial charge in [0.05, 0.1) is 21.8 Å². The average Bonchev–Trinajstić information content (AvgIpc) is 2.74. The standard InChI is InChI=1S/C20H23ClN2O3.C2HF3O2/c1-3-5-12-23(4-2)18-11-10-14(13-16(18)20(25)26)22-19(24)15-8-6-7-9-17(15)21;3-2(4,5)1(6)7/h6-11,13H,3-5,12H2,1-2H3,(H,22,24)(H,25,26);(H,6,7). The minimum Gasteiger partial charge on any atom is -0.478 e. The number of nitrogens with one attached hydrogen (secondary N) is 1. The number of halogens is 4. The number of benzene rings is 2. The molecule has 0 radical (unpaired) electrons. The highest BCUT2D eigenvalue weighted by Gasteiger charge is 2.38. The number of alkyl halides is 3. The van der Waals surface area contributed by atoms with E-state index in [1.807, 2.05) is 11.8 Å². The van der Waals surface area contributed by atoms with Crippen molar-refractivity contribution in [3.8, 4) is 0 Å². The second-order valence-corrected chi connectivity index (χ2v) is 7.11. The topological polar surface area (TPSA) is 107 Å². The molecule has 0 unspecified atom stereocenters. The lowest BCUT2D eigenvalue weighted by Crippen LogP contribution is -2.26. The van der Waals surface area contributed by atoms with E-state index in [0.717, 1.165) is 19.4 Å². The summed E-state index contributed by atoms with van der Waals surface area (Å²) >= 11 is 6.04. The third-order valence-electron chi connectivity index (χ3n) is 4.35. The Hall–Kier alpha value is -3.27. The maximum atomic E-state index is 12.4. The second-order valence-electron chi connectivity index (χ2n) is 6.71. The largest absolute Gasteiger partial charge is 0.490 e. The Bertz CT molecular complexity index is 983. The van der Waals surface area contributed by atoms with E-state index in [4.69, 9.17) is 21.5 Å². The van der Waals surface area contributed by atoms with E-state index in [9.17, 15) is 27.9 Å². The number of amides is 1. The van der Waals surface area contributed by atoms with Crippen molar-refractivity contribution in [1.29, 1.82) is 0 Å². The van der Waals surface area contributed by atoms with Crippen molar-refractivity contribution in [3.63, 3.8) is 0 Å². The summed E-state index contributed by atoms with van der Waals surface area (Å²) in [6, 6.07) is 11.7. The van der Waals surface area contributed by atoms with Crippen LogP contribution in [0.25, 0.3) is 0 Å². The summed E-state index contributed by atoms with van der Waals surface area (Å²) in [7, 11) is 0. The van der Waals surface area contributed by atoms with Gasteiger partial charge in [0.15, 0.2) is 0 Å². The van der Waals surface area contributed by atoms with Crippen molar-refractivity contribution in [2.24, 2.45) is 0 Å². The Morgan fingerprint density at radius 1 is 1.03 bits per heavy atom. The summed E-state index contributed by atoms with van der Waals surface area (Å²) < 4.78 is 31.7. The van der Waals surface area contributed by atoms with Crippen LogP contribution in [0.1, 0.15) is 47.4 Å². The number of carbonyl (C=O) groups is 3. The van der Waals surface area contributed by atoms with Gasteiger partial charge in [-0.05, 0) is 43.7 Å². The fourth-order valence-electron chi connectivity index (χ4n) is 2.70. The van der Waals surface area contributed by atoms with Crippen molar-refractivity contribution in [2.75, 3.05) is 23.3 Å². The molecule has 180 valence electrons. The molecule has 0 atom stereocenters. The van der Waals surface area contributed by atoms with Crippen molar-refractivity contribution in [1.82, 2.24) is 0 Å². The van der Waals surface area contributed by atoms with Gasteiger partial charge < -0.3 is 20.4 Å². The Kier molecular flexibility index (Phi) is 10.7. The van der Waals surface area contributed by atoms with Crippen molar-refractivity contribution >= 4 is 40.8 Å². The van der Waals surface area contributed by atoms with Crippen LogP contribution in [-0.4, -0.2) is 47.3 Å². The third kappa shape index (κ3) is 8.64. The molecule has 2 aromatic rings. The molecule has 2 aromatic carbocycles. The van der Waals surface area contributed by atoms with E-state index in [-0.39, 0.29) is 11.5 Å². The van der Waals surface area contributed by atoms with Crippen LogP contribution >= 0.6 is 11.6 Å². The number of carbonyl (C=O) groups excluding carboxylic acids is 1. The number of aromatic carboxylic acids is 1. The molecule has 33 heavy (non-hydrogen) atoms. The highest BCUT2D eigenvalue weighted by Crippen LogP contribution is 2.26. The Labute approximate surface area is 193 Å². The van der Waals surface area contributed by atoms with E-state index < -0.39 is 18.1 Å². The predicted octanol–water partition coefficient (Wildman–Crippen LogP) is 5.55. The Morgan fingerprint density at radius 3 is 2.12 bits per heavy atom. The number of carboxylic acid groups (broad SMARTS) is 2. The molecule has 1 amide bonds. The van der Waals surface area contributed by atoms with Crippen molar-refractivity contribution < 1.29 is 37.8 Å². The molecule has 0 saturated carbocycles. The Balaban J connectivity index is 0.000000675. The van der Waals surface area contributed by atoms with Gasteiger partial charge in [0, 0.05) is 18.8 Å². The zero-order chi connectivity index (χ0) is 25.2. The summed E-state index contributed by atoms with van der Waals surface area (Å²) in [6.45, 7) is 5.60. The molecule has 0 bridgehead atoms. The maximum Gasteiger partial charge on any atom is 0.490 e. The first-order chi connectivity index (χ1) is 15.4. The van der Waals surface area contributed by atoms with Crippen LogP contribution in [0.2, 0.25) is 5.02 Å². The summed E-state index contributed by atoms with van der Waals surface area (Å²) in [5.74, 6) is -4.16. The maximum absolute atomic E-state index is 12.4. The van der Waals surface area contributed by atoms with Crippen LogP contribution < -0.4 is 10.2 Å². The zero-order valence-electron chi connectivity index (χ0n) is 17.9. The molecule has 0 aliphatic carbocycles. The summed E-state index contributed by atoms with van der Waals surface area (Å²) in [5, 5.41) is 19.8. The molecule has 0 aliphatic heterocycles. The third-order valence-corrected chi connectivity index (χ3v) is 4.68. The number of aliphatic carboxylic acids is 1. The van der Waals surface area contributed by atoms with Crippen LogP contribution in [0.4, 0.5) is 24.5 Å². The molecule has 7 nitrogen and oxygen atoms in total. The number of rotatable bonds is 8. The molecule has 0 aromatic heterocycles. The van der Waals surface area contributed by atoms with Crippen LogP contribution in [0.3, 0.4) is 0 Å². The number of unbranched alkanes of at least 4 members (excludes halogenated alkanes) is 1. The van der Waals surface area contributed by atoms with Gasteiger partial charge >= 0.3 is 18.1 Å². The first-order valence-electron chi connectivity index (χ1n) is 9.90. The minimum atomic E-state index is -5.08. The number of anilines is 2. The summed E-state index contributed by atoms with van der Waals surface area (Å²) in [4.78, 5) is 35.0. The van der Waals surface area contributed by atoms with Gasteiger partial charge in [0.2, 0.25) is 0 Å². The van der Waals surface area contributed by atoms with Gasteiger partial charge in [-0.3, -0.25) is 4.79 Å². The van der Waals surface area contributed by atoms with Gasteiger partial charge in [-0.2, -0.15) is 13.2 Å². The van der Waals surface area contributed by atoms with Crippen LogP contribution in [0.5, 0.6) is 0 Å². The normalized spacial score (nSPS) is 10.6. The first-order valence-corrected chi connectivity index (χ1v) is 10.3. The second kappa shape index (κ2) is 12.7. The van der Waals surface area contributed by atoms with Gasteiger partial charge in [-0.1, -0.05) is 37.1 Å². The monoisotopic (exact) mass is 488 g/mol. The lowest BCUT2D eigenvalue weighted by Gasteiger charge is -2.25. The highest BCUT2D eigenvalue weighted by molar-refractivity contribution is 6.34. The zero-order valence-corrected chi connectivity index (χ0v) is 18.7. The average molecular weight is 489 g/mol. The van der Waals surface area contributed by atoms with Gasteiger partial charge in [-0.15, -0.1) is 0 Å². The number of nitrogens with zero attached hydrogens (tertiary/aromatic N) is 1. The van der Waals surface area contributed by atoms with Gasteiger partial charge in [0.25, 0.3) is 5.91 Å². The Morgan fingerprint density at radius 2 is 1.64 bits per heavy atom. The number of carboxylic acids is 2. The molecule has 2 rings (SSSR count). The minimum absolute atomic E-state index is 0.167. The van der Waals surface area contributed by atoms with Gasteiger partial charge in [0.1, 0.15) is 0 Å². The fraction of sp³-hybridized carbons (Fsp3) is 0.318. The van der Waals surface area contributed by atoms with E-state index in [1.165, 1.54) is 6.07 Å². The molecule has 0 saturated heterocycles. The predicted molar refractivity (Wildman–Crippen MR) is 119 cm³/mol. The SMILES string of the molecule is CCCCN(CC)c1ccc(NC(=O)c2ccccc2Cl)cc1C(=O)O.O=C(O)C(F)(F)F. The smallest absolute Gasteiger partial charge is 0.478 e. The van der Waals surface area contributed by atoms with Crippen molar-refractivity contribution in [2.45, 2.75) is 32.9 Å². The first kappa shape index (κ1) is 27.8. The quantitative estimate of drug-likeness (QED) is 0.449. The lowest BCUT2D eigenvalue weighted by atomic mass is 10.1. The molecule has 0 aliphatic rings. The van der Waals surface area contributed by atoms with E-state index in [0.29, 0.717) is 28.5 Å². The fourth-order valence-corrected chi connectivity index (χ4v) is 2.92. The van der Waals surface area contributed by atoms with Gasteiger partial charge in [-0.25, -0.2) is 9.59 Å². The number of hydrogen-bond donors (Lipinski definition) is 3. The van der Waals surface area contributed by atoms with E-state index in [1.54, 1.807) is 36.4 Å². The number of hydrogen-bond acceptors (Lipinski definition) is 4. The molecular formula is C22H24ClF3N2O5. The summed E-state index contributed by atoms with van der Waals surface area (Å²) in [5.41, 5.74) is 1.58. The van der Waals surface area contributed by atoms with Crippen molar-refractivity contribution in [3.05, 3.63) is 58.6 Å². The molecular weight excluding hydrogens is 465 g/mol. The molecule has 0 spiro atoms. The molecule has 0 heterocycles. The van der Waals surface area contributed by atoms with Crippen LogP contribution in [0.15, 0.2) is 42.5 Å². The van der Waals surface area contributed by atoms with Crippen LogP contribution in [0, 0.1) is 0 Å².